The van der Waals surface area contributed by atoms with E-state index in [2.05, 4.69) is 188 Å². The number of para-hydroxylation sites is 3. The van der Waals surface area contributed by atoms with Gasteiger partial charge in [0.05, 0.1) is 22.4 Å². The van der Waals surface area contributed by atoms with Gasteiger partial charge in [-0.1, -0.05) is 170 Å². The smallest absolute Gasteiger partial charge is 0.160 e. The van der Waals surface area contributed by atoms with Crippen LogP contribution in [-0.4, -0.2) is 15.0 Å². The van der Waals surface area contributed by atoms with Crippen molar-refractivity contribution in [3.8, 4) is 67.3 Å². The lowest BCUT2D eigenvalue weighted by Gasteiger charge is -2.16. The van der Waals surface area contributed by atoms with Crippen LogP contribution in [0.15, 0.2) is 217 Å². The Bertz CT molecular complexity index is 3650. The number of benzene rings is 9. The highest BCUT2D eigenvalue weighted by Crippen LogP contribution is 2.47. The molecule has 0 amide bonds. The summed E-state index contributed by atoms with van der Waals surface area (Å²) in [4.78, 5) is 15.7. The highest BCUT2D eigenvalue weighted by Gasteiger charge is 2.22. The Morgan fingerprint density at radius 1 is 0.279 bits per heavy atom. The number of hydrogen-bond donors (Lipinski definition) is 0. The zero-order valence-corrected chi connectivity index (χ0v) is 33.0. The first-order valence-electron chi connectivity index (χ1n) is 20.6. The molecule has 0 atom stereocenters. The Morgan fingerprint density at radius 2 is 0.787 bits per heavy atom. The van der Waals surface area contributed by atoms with E-state index in [1.807, 2.05) is 24.3 Å². The number of furan rings is 1. The summed E-state index contributed by atoms with van der Waals surface area (Å²) < 4.78 is 6.66. The van der Waals surface area contributed by atoms with Crippen LogP contribution in [0, 0.1) is 0 Å². The fourth-order valence-corrected chi connectivity index (χ4v) is 9.02. The fourth-order valence-electron chi connectivity index (χ4n) is 9.02. The monoisotopic (exact) mass is 777 g/mol. The van der Waals surface area contributed by atoms with Gasteiger partial charge in [0.25, 0.3) is 0 Å². The molecule has 0 aliphatic carbocycles. The third kappa shape index (κ3) is 5.96. The molecule has 0 aliphatic heterocycles. The second-order valence-electron chi connectivity index (χ2n) is 15.5. The Kier molecular flexibility index (Phi) is 8.13. The topological polar surface area (TPSA) is 51.8 Å². The van der Waals surface area contributed by atoms with E-state index in [0.29, 0.717) is 5.82 Å². The fraction of sp³-hybridized carbons (Fsp3) is 0. The highest BCUT2D eigenvalue weighted by molar-refractivity contribution is 6.27. The van der Waals surface area contributed by atoms with E-state index in [4.69, 9.17) is 19.4 Å². The molecular formula is C57H35N3O. The summed E-state index contributed by atoms with van der Waals surface area (Å²) in [6, 6.07) is 74.4. The number of rotatable bonds is 6. The second-order valence-corrected chi connectivity index (χ2v) is 15.5. The number of nitrogens with zero attached hydrogens (tertiary/aromatic N) is 3. The maximum absolute atomic E-state index is 6.66. The number of aromatic nitrogens is 3. The van der Waals surface area contributed by atoms with Crippen LogP contribution in [0.25, 0.3) is 122 Å². The molecule has 284 valence electrons. The minimum absolute atomic E-state index is 0.685. The predicted octanol–water partition coefficient (Wildman–Crippen LogP) is 15.2. The van der Waals surface area contributed by atoms with Crippen molar-refractivity contribution in [1.29, 1.82) is 0 Å². The molecule has 0 aliphatic rings. The lowest BCUT2D eigenvalue weighted by Crippen LogP contribution is -1.96. The first-order valence-corrected chi connectivity index (χ1v) is 20.6. The van der Waals surface area contributed by atoms with Gasteiger partial charge in [0.2, 0.25) is 0 Å². The number of fused-ring (bicyclic) bond motifs is 7. The summed E-state index contributed by atoms with van der Waals surface area (Å²) in [7, 11) is 0. The van der Waals surface area contributed by atoms with Gasteiger partial charge in [-0.15, -0.1) is 0 Å². The minimum Gasteiger partial charge on any atom is -0.456 e. The summed E-state index contributed by atoms with van der Waals surface area (Å²) >= 11 is 0. The van der Waals surface area contributed by atoms with Gasteiger partial charge in [0.1, 0.15) is 11.2 Å². The van der Waals surface area contributed by atoms with E-state index in [9.17, 15) is 0 Å². The van der Waals surface area contributed by atoms with Crippen molar-refractivity contribution < 1.29 is 4.42 Å². The second kappa shape index (κ2) is 14.3. The molecule has 3 heterocycles. The van der Waals surface area contributed by atoms with Crippen molar-refractivity contribution in [2.45, 2.75) is 0 Å². The van der Waals surface area contributed by atoms with Gasteiger partial charge in [0.15, 0.2) is 5.82 Å². The predicted molar refractivity (Wildman–Crippen MR) is 252 cm³/mol. The van der Waals surface area contributed by atoms with Gasteiger partial charge >= 0.3 is 0 Å². The van der Waals surface area contributed by atoms with Crippen molar-refractivity contribution in [3.05, 3.63) is 212 Å². The van der Waals surface area contributed by atoms with E-state index in [0.717, 1.165) is 110 Å². The third-order valence-corrected chi connectivity index (χ3v) is 11.8. The van der Waals surface area contributed by atoms with Crippen molar-refractivity contribution >= 4 is 54.5 Å². The quantitative estimate of drug-likeness (QED) is 0.158. The van der Waals surface area contributed by atoms with Gasteiger partial charge in [-0.2, -0.15) is 0 Å². The maximum Gasteiger partial charge on any atom is 0.160 e. The largest absolute Gasteiger partial charge is 0.456 e. The van der Waals surface area contributed by atoms with Crippen LogP contribution in [-0.2, 0) is 0 Å². The molecule has 0 saturated heterocycles. The minimum atomic E-state index is 0.685. The number of pyridine rings is 1. The molecule has 0 bridgehead atoms. The Hall–Kier alpha value is -8.21. The molecule has 0 radical (unpaired) electrons. The molecule has 0 unspecified atom stereocenters. The molecule has 0 fully saturated rings. The Balaban J connectivity index is 1.05. The third-order valence-electron chi connectivity index (χ3n) is 11.8. The lowest BCUT2D eigenvalue weighted by atomic mass is 9.88. The molecule has 12 rings (SSSR count). The standard InChI is InChI=1S/C57H35N3O/c1-3-16-36(17-4-1)38-20-14-24-42(33-38)56-45-27-8-11-30-49(45)59-57(60-56)43-25-15-22-40(34-43)39-21-13-23-41(32-39)52-53-44-26-7-10-29-48(44)58-55(37-18-5-2-6-19-37)47(53)35-51-54(52)46-28-9-12-31-50(46)61-51/h1-35H. The molecule has 0 saturated carbocycles. The maximum atomic E-state index is 6.66. The summed E-state index contributed by atoms with van der Waals surface area (Å²) in [6.07, 6.45) is 0. The van der Waals surface area contributed by atoms with E-state index in [1.54, 1.807) is 0 Å². The molecule has 12 aromatic rings. The van der Waals surface area contributed by atoms with Gasteiger partial charge in [-0.25, -0.2) is 15.0 Å². The molecule has 0 N–H and O–H groups in total. The van der Waals surface area contributed by atoms with Crippen LogP contribution in [0.2, 0.25) is 0 Å². The van der Waals surface area contributed by atoms with Gasteiger partial charge in [0, 0.05) is 54.6 Å². The average molecular weight is 778 g/mol. The molecule has 3 aromatic heterocycles. The zero-order chi connectivity index (χ0) is 40.3. The van der Waals surface area contributed by atoms with E-state index in [-0.39, 0.29) is 0 Å². The normalized spacial score (nSPS) is 11.6. The van der Waals surface area contributed by atoms with Crippen LogP contribution < -0.4 is 0 Å². The average Bonchev–Trinajstić information content (AvgIpc) is 3.71. The van der Waals surface area contributed by atoms with E-state index < -0.39 is 0 Å². The van der Waals surface area contributed by atoms with Crippen LogP contribution in [0.1, 0.15) is 0 Å². The summed E-state index contributed by atoms with van der Waals surface area (Å²) in [6.45, 7) is 0. The SMILES string of the molecule is c1ccc(-c2cccc(-c3nc(-c4cccc(-c5cccc(-c6c7c(cc8c(-c9ccccc9)nc9ccccc9c68)oc6ccccc67)c5)c4)nc4ccccc34)c2)cc1. The molecule has 4 nitrogen and oxygen atoms in total. The van der Waals surface area contributed by atoms with Crippen molar-refractivity contribution in [3.63, 3.8) is 0 Å². The van der Waals surface area contributed by atoms with Crippen LogP contribution in [0.5, 0.6) is 0 Å². The molecule has 61 heavy (non-hydrogen) atoms. The first kappa shape index (κ1) is 34.8. The Labute approximate surface area is 352 Å². The Morgan fingerprint density at radius 3 is 1.54 bits per heavy atom. The molecular weight excluding hydrogens is 743 g/mol. The number of hydrogen-bond acceptors (Lipinski definition) is 4. The zero-order valence-electron chi connectivity index (χ0n) is 33.0. The van der Waals surface area contributed by atoms with Crippen molar-refractivity contribution in [2.24, 2.45) is 0 Å². The first-order chi connectivity index (χ1) is 30.2. The molecule has 0 spiro atoms. The molecule has 4 heteroatoms. The van der Waals surface area contributed by atoms with Crippen LogP contribution in [0.4, 0.5) is 0 Å². The van der Waals surface area contributed by atoms with E-state index in [1.165, 1.54) is 5.56 Å². The van der Waals surface area contributed by atoms with E-state index >= 15 is 0 Å². The summed E-state index contributed by atoms with van der Waals surface area (Å²) in [5.74, 6) is 0.685. The summed E-state index contributed by atoms with van der Waals surface area (Å²) in [5.41, 5.74) is 15.2. The van der Waals surface area contributed by atoms with Crippen molar-refractivity contribution in [2.75, 3.05) is 0 Å². The van der Waals surface area contributed by atoms with Crippen molar-refractivity contribution in [1.82, 2.24) is 15.0 Å². The van der Waals surface area contributed by atoms with Crippen LogP contribution >= 0.6 is 0 Å². The van der Waals surface area contributed by atoms with Gasteiger partial charge in [-0.05, 0) is 70.3 Å². The lowest BCUT2D eigenvalue weighted by molar-refractivity contribution is 0.669. The molecule has 9 aromatic carbocycles. The summed E-state index contributed by atoms with van der Waals surface area (Å²) in [5, 5.41) is 6.51. The van der Waals surface area contributed by atoms with Gasteiger partial charge in [-0.3, -0.25) is 0 Å². The van der Waals surface area contributed by atoms with Crippen LogP contribution in [0.3, 0.4) is 0 Å². The van der Waals surface area contributed by atoms with Gasteiger partial charge < -0.3 is 4.42 Å². The highest BCUT2D eigenvalue weighted by atomic mass is 16.3.